The Morgan fingerprint density at radius 2 is 0.912 bits per heavy atom. The number of rotatable bonds is 4. The highest BCUT2D eigenvalue weighted by molar-refractivity contribution is 6.05. The number of ether oxygens (including phenoxy) is 1. The summed E-state index contributed by atoms with van der Waals surface area (Å²) in [7, 11) is 0. The molecule has 266 valence electrons. The summed E-state index contributed by atoms with van der Waals surface area (Å²) in [6.07, 6.45) is 0. The van der Waals surface area contributed by atoms with Crippen molar-refractivity contribution >= 4 is 21.9 Å². The molecule has 1 spiro atoms. The van der Waals surface area contributed by atoms with Crippen LogP contribution in [0.3, 0.4) is 0 Å². The van der Waals surface area contributed by atoms with Crippen molar-refractivity contribution in [2.24, 2.45) is 0 Å². The Bertz CT molecular complexity index is 3190. The first kappa shape index (κ1) is 31.7. The number of aromatic nitrogens is 3. The van der Waals surface area contributed by atoms with Gasteiger partial charge in [-0.1, -0.05) is 164 Å². The molecule has 0 saturated heterocycles. The van der Waals surface area contributed by atoms with Crippen molar-refractivity contribution in [3.05, 3.63) is 210 Å². The van der Waals surface area contributed by atoms with Crippen molar-refractivity contribution in [3.8, 4) is 67.9 Å². The van der Waals surface area contributed by atoms with E-state index < -0.39 is 5.41 Å². The second-order valence-electron chi connectivity index (χ2n) is 14.6. The molecule has 0 N–H and O–H groups in total. The molecular formula is C52H31N3O2. The summed E-state index contributed by atoms with van der Waals surface area (Å²) >= 11 is 0. The zero-order valence-corrected chi connectivity index (χ0v) is 30.6. The van der Waals surface area contributed by atoms with Crippen molar-refractivity contribution < 1.29 is 9.15 Å². The van der Waals surface area contributed by atoms with E-state index in [0.29, 0.717) is 17.5 Å². The third-order valence-electron chi connectivity index (χ3n) is 11.6. The first-order chi connectivity index (χ1) is 28.3. The molecule has 0 radical (unpaired) electrons. The van der Waals surface area contributed by atoms with Gasteiger partial charge in [-0.05, 0) is 52.1 Å². The minimum atomic E-state index is -0.571. The van der Waals surface area contributed by atoms with E-state index in [9.17, 15) is 0 Å². The standard InChI is InChI=1S/C52H31N3O2/c1-2-15-32(16-3-1)49-53-50(33-29-30-38-37-20-8-12-27-45(37)56-47(38)31-33)55-51(54-49)40-21-5-4-17-34(40)39-22-14-26-44-48(39)57-46-28-13-11-25-43(46)52(44)41-23-9-6-18-35(41)36-19-7-10-24-42(36)52/h1-31H. The van der Waals surface area contributed by atoms with Gasteiger partial charge in [0.2, 0.25) is 0 Å². The fourth-order valence-corrected chi connectivity index (χ4v) is 9.21. The molecular weight excluding hydrogens is 699 g/mol. The average Bonchev–Trinajstić information content (AvgIpc) is 3.80. The van der Waals surface area contributed by atoms with E-state index in [-0.39, 0.29) is 0 Å². The quantitative estimate of drug-likeness (QED) is 0.180. The van der Waals surface area contributed by atoms with Gasteiger partial charge in [0.25, 0.3) is 0 Å². The summed E-state index contributed by atoms with van der Waals surface area (Å²) in [6.45, 7) is 0. The Kier molecular flexibility index (Phi) is 6.78. The lowest BCUT2D eigenvalue weighted by Crippen LogP contribution is -2.32. The second kappa shape index (κ2) is 12.2. The van der Waals surface area contributed by atoms with Gasteiger partial charge < -0.3 is 9.15 Å². The number of hydrogen-bond acceptors (Lipinski definition) is 5. The maximum atomic E-state index is 7.06. The Balaban J connectivity index is 1.08. The molecule has 1 aliphatic carbocycles. The van der Waals surface area contributed by atoms with Crippen LogP contribution in [0.25, 0.3) is 78.4 Å². The van der Waals surface area contributed by atoms with Crippen molar-refractivity contribution in [3.63, 3.8) is 0 Å². The molecule has 2 aromatic heterocycles. The van der Waals surface area contributed by atoms with E-state index in [1.807, 2.05) is 60.7 Å². The summed E-state index contributed by atoms with van der Waals surface area (Å²) in [6, 6.07) is 65.4. The number of furan rings is 1. The van der Waals surface area contributed by atoms with Crippen molar-refractivity contribution in [1.82, 2.24) is 15.0 Å². The van der Waals surface area contributed by atoms with E-state index in [1.54, 1.807) is 0 Å². The monoisotopic (exact) mass is 729 g/mol. The number of benzene rings is 8. The third kappa shape index (κ3) is 4.60. The van der Waals surface area contributed by atoms with Crippen LogP contribution in [0.4, 0.5) is 0 Å². The summed E-state index contributed by atoms with van der Waals surface area (Å²) in [5, 5.41) is 2.13. The topological polar surface area (TPSA) is 61.0 Å². The molecule has 0 atom stereocenters. The molecule has 5 nitrogen and oxygen atoms in total. The highest BCUT2D eigenvalue weighted by Gasteiger charge is 2.51. The fourth-order valence-electron chi connectivity index (χ4n) is 9.21. The summed E-state index contributed by atoms with van der Waals surface area (Å²) < 4.78 is 13.4. The van der Waals surface area contributed by atoms with Gasteiger partial charge in [-0.2, -0.15) is 0 Å². The van der Waals surface area contributed by atoms with E-state index >= 15 is 0 Å². The van der Waals surface area contributed by atoms with Gasteiger partial charge in [0.1, 0.15) is 22.7 Å². The molecule has 0 amide bonds. The van der Waals surface area contributed by atoms with E-state index in [0.717, 1.165) is 72.4 Å². The Morgan fingerprint density at radius 1 is 0.351 bits per heavy atom. The molecule has 0 fully saturated rings. The molecule has 8 aromatic carbocycles. The highest BCUT2D eigenvalue weighted by Crippen LogP contribution is 2.63. The van der Waals surface area contributed by atoms with Crippen LogP contribution in [0.1, 0.15) is 22.3 Å². The number of nitrogens with zero attached hydrogens (tertiary/aromatic N) is 3. The lowest BCUT2D eigenvalue weighted by Gasteiger charge is -2.40. The number of hydrogen-bond donors (Lipinski definition) is 0. The van der Waals surface area contributed by atoms with Crippen LogP contribution < -0.4 is 4.74 Å². The van der Waals surface area contributed by atoms with Gasteiger partial charge in [-0.3, -0.25) is 0 Å². The maximum absolute atomic E-state index is 7.06. The summed E-state index contributed by atoms with van der Waals surface area (Å²) in [4.78, 5) is 15.5. The first-order valence-corrected chi connectivity index (χ1v) is 19.2. The lowest BCUT2D eigenvalue weighted by molar-refractivity contribution is 0.438. The minimum absolute atomic E-state index is 0.564. The molecule has 3 heterocycles. The predicted octanol–water partition coefficient (Wildman–Crippen LogP) is 12.9. The summed E-state index contributed by atoms with van der Waals surface area (Å²) in [5.74, 6) is 3.39. The van der Waals surface area contributed by atoms with Crippen LogP contribution in [0.2, 0.25) is 0 Å². The highest BCUT2D eigenvalue weighted by atomic mass is 16.5. The fraction of sp³-hybridized carbons (Fsp3) is 0.0192. The van der Waals surface area contributed by atoms with Gasteiger partial charge in [-0.15, -0.1) is 0 Å². The van der Waals surface area contributed by atoms with Crippen LogP contribution >= 0.6 is 0 Å². The van der Waals surface area contributed by atoms with Crippen molar-refractivity contribution in [2.75, 3.05) is 0 Å². The van der Waals surface area contributed by atoms with E-state index in [1.165, 1.54) is 22.3 Å². The SMILES string of the molecule is c1ccc(-c2nc(-c3ccc4c(c3)oc3ccccc34)nc(-c3ccccc3-c3cccc4c3Oc3ccccc3C43c4ccccc4-c4ccccc43)n2)cc1. The smallest absolute Gasteiger partial charge is 0.164 e. The zero-order valence-electron chi connectivity index (χ0n) is 30.6. The van der Waals surface area contributed by atoms with Crippen molar-refractivity contribution in [1.29, 1.82) is 0 Å². The van der Waals surface area contributed by atoms with Crippen LogP contribution in [-0.2, 0) is 5.41 Å². The van der Waals surface area contributed by atoms with Gasteiger partial charge >= 0.3 is 0 Å². The largest absolute Gasteiger partial charge is 0.456 e. The van der Waals surface area contributed by atoms with Crippen LogP contribution in [0, 0.1) is 0 Å². The normalized spacial score (nSPS) is 13.2. The zero-order chi connectivity index (χ0) is 37.5. The van der Waals surface area contributed by atoms with E-state index in [2.05, 4.69) is 127 Å². The molecule has 2 aliphatic rings. The molecule has 12 rings (SSSR count). The molecule has 0 saturated carbocycles. The number of para-hydroxylation sites is 3. The van der Waals surface area contributed by atoms with Crippen LogP contribution in [0.15, 0.2) is 192 Å². The molecule has 1 aliphatic heterocycles. The Labute approximate surface area is 328 Å². The number of fused-ring (bicyclic) bond motifs is 12. The van der Waals surface area contributed by atoms with Gasteiger partial charge in [0.05, 0.1) is 5.41 Å². The van der Waals surface area contributed by atoms with E-state index in [4.69, 9.17) is 24.1 Å². The predicted molar refractivity (Wildman–Crippen MR) is 226 cm³/mol. The Morgan fingerprint density at radius 3 is 1.70 bits per heavy atom. The lowest BCUT2D eigenvalue weighted by atomic mass is 9.65. The summed E-state index contributed by atoms with van der Waals surface area (Å²) in [5.41, 5.74) is 12.9. The van der Waals surface area contributed by atoms with Crippen LogP contribution in [-0.4, -0.2) is 15.0 Å². The molecule has 57 heavy (non-hydrogen) atoms. The van der Waals surface area contributed by atoms with Crippen LogP contribution in [0.5, 0.6) is 11.5 Å². The minimum Gasteiger partial charge on any atom is -0.456 e. The third-order valence-corrected chi connectivity index (χ3v) is 11.6. The van der Waals surface area contributed by atoms with Crippen molar-refractivity contribution in [2.45, 2.75) is 5.41 Å². The maximum Gasteiger partial charge on any atom is 0.164 e. The first-order valence-electron chi connectivity index (χ1n) is 19.2. The molecule has 10 aromatic rings. The molecule has 0 bridgehead atoms. The Hall–Kier alpha value is -7.63. The van der Waals surface area contributed by atoms with Gasteiger partial charge in [-0.25, -0.2) is 15.0 Å². The van der Waals surface area contributed by atoms with Gasteiger partial charge in [0, 0.05) is 44.2 Å². The average molecular weight is 730 g/mol. The second-order valence-corrected chi connectivity index (χ2v) is 14.6. The van der Waals surface area contributed by atoms with Gasteiger partial charge in [0.15, 0.2) is 17.5 Å². The molecule has 5 heteroatoms. The molecule has 0 unspecified atom stereocenters.